The number of H-pyrrole nitrogens is 1. The smallest absolute Gasteiger partial charge is 0.416 e. The van der Waals surface area contributed by atoms with E-state index in [0.717, 1.165) is 12.1 Å². The van der Waals surface area contributed by atoms with Crippen molar-refractivity contribution in [3.63, 3.8) is 0 Å². The van der Waals surface area contributed by atoms with E-state index in [1.165, 1.54) is 24.4 Å². The minimum Gasteiger partial charge on any atom is -0.480 e. The molecule has 0 unspecified atom stereocenters. The van der Waals surface area contributed by atoms with Crippen molar-refractivity contribution in [3.05, 3.63) is 77.1 Å². The molecule has 0 radical (unpaired) electrons. The van der Waals surface area contributed by atoms with Gasteiger partial charge in [0, 0.05) is 25.5 Å². The average molecular weight is 499 g/mol. The summed E-state index contributed by atoms with van der Waals surface area (Å²) >= 11 is 0. The van der Waals surface area contributed by atoms with E-state index in [4.69, 9.17) is 7.48 Å². The van der Waals surface area contributed by atoms with E-state index in [-0.39, 0.29) is 29.7 Å². The van der Waals surface area contributed by atoms with Crippen molar-refractivity contribution in [3.8, 4) is 17.0 Å². The monoisotopic (exact) mass is 499 g/mol. The Morgan fingerprint density at radius 3 is 2.69 bits per heavy atom. The van der Waals surface area contributed by atoms with Gasteiger partial charge in [-0.3, -0.25) is 14.7 Å². The number of nitrogens with zero attached hydrogens (tertiary/aromatic N) is 2. The number of fused-ring (bicyclic) bond motifs is 1. The SMILES string of the molecule is [2H]CNC(=O)c1n[nH]c2cc(-c3cnc(OC[2H])c(C(=O)N[C@@H](C)c4cccc(C(F)(F)F)c4)c3)ccc12. The number of rotatable bonds is 6. The molecule has 0 bridgehead atoms. The van der Waals surface area contributed by atoms with Gasteiger partial charge in [-0.2, -0.15) is 18.3 Å². The normalized spacial score (nSPS) is 13.0. The average Bonchev–Trinajstić information content (AvgIpc) is 3.32. The maximum absolute atomic E-state index is 13.2. The topological polar surface area (TPSA) is 109 Å². The van der Waals surface area contributed by atoms with Gasteiger partial charge < -0.3 is 15.4 Å². The number of amides is 2. The fourth-order valence-corrected chi connectivity index (χ4v) is 3.69. The lowest BCUT2D eigenvalue weighted by atomic mass is 10.0. The van der Waals surface area contributed by atoms with E-state index in [2.05, 4.69) is 25.8 Å². The lowest BCUT2D eigenvalue weighted by Gasteiger charge is -2.17. The lowest BCUT2D eigenvalue weighted by Crippen LogP contribution is -2.27. The summed E-state index contributed by atoms with van der Waals surface area (Å²) in [6.45, 7) is 1.55. The fraction of sp³-hybridized carbons (Fsp3) is 0.200. The highest BCUT2D eigenvalue weighted by molar-refractivity contribution is 6.05. The number of aromatic amines is 1. The van der Waals surface area contributed by atoms with E-state index in [0.29, 0.717) is 22.0 Å². The number of methoxy groups -OCH3 is 1. The Balaban J connectivity index is 1.63. The maximum atomic E-state index is 13.2. The summed E-state index contributed by atoms with van der Waals surface area (Å²) in [4.78, 5) is 29.4. The van der Waals surface area contributed by atoms with Gasteiger partial charge in [-0.1, -0.05) is 18.2 Å². The molecule has 1 atom stereocenters. The second-order valence-corrected chi connectivity index (χ2v) is 7.88. The molecule has 0 fully saturated rings. The van der Waals surface area contributed by atoms with Gasteiger partial charge in [0.05, 0.1) is 25.6 Å². The molecule has 0 spiro atoms. The zero-order chi connectivity index (χ0) is 27.4. The number of hydrogen-bond donors (Lipinski definition) is 3. The second kappa shape index (κ2) is 9.68. The zero-order valence-electron chi connectivity index (χ0n) is 20.9. The van der Waals surface area contributed by atoms with E-state index < -0.39 is 36.7 Å². The molecule has 36 heavy (non-hydrogen) atoms. The molecule has 0 aliphatic heterocycles. The number of pyridine rings is 1. The molecule has 2 amide bonds. The molecule has 0 saturated heterocycles. The summed E-state index contributed by atoms with van der Waals surface area (Å²) < 4.78 is 59.0. The Kier molecular flexibility index (Phi) is 5.94. The summed E-state index contributed by atoms with van der Waals surface area (Å²) in [5.74, 6) is -1.24. The van der Waals surface area contributed by atoms with Gasteiger partial charge >= 0.3 is 6.18 Å². The number of benzene rings is 2. The van der Waals surface area contributed by atoms with Crippen molar-refractivity contribution in [2.24, 2.45) is 0 Å². The van der Waals surface area contributed by atoms with Crippen LogP contribution < -0.4 is 15.4 Å². The van der Waals surface area contributed by atoms with Gasteiger partial charge in [-0.15, -0.1) is 0 Å². The van der Waals surface area contributed by atoms with Crippen LogP contribution in [0.1, 0.15) is 47.7 Å². The Bertz CT molecular complexity index is 1490. The van der Waals surface area contributed by atoms with Crippen LogP contribution in [-0.2, 0) is 6.18 Å². The van der Waals surface area contributed by atoms with Gasteiger partial charge in [0.25, 0.3) is 11.8 Å². The van der Waals surface area contributed by atoms with Crippen LogP contribution in [0.4, 0.5) is 13.2 Å². The molecule has 2 aromatic heterocycles. The molecule has 0 aliphatic carbocycles. The third kappa shape index (κ3) is 4.85. The molecule has 11 heteroatoms. The molecule has 4 aromatic rings. The molecular formula is C25H22F3N5O3. The number of aromatic nitrogens is 3. The van der Waals surface area contributed by atoms with Crippen LogP contribution in [0.15, 0.2) is 54.7 Å². The molecule has 0 saturated carbocycles. The molecule has 4 rings (SSSR count). The van der Waals surface area contributed by atoms with Crippen molar-refractivity contribution in [2.45, 2.75) is 19.1 Å². The standard InChI is InChI=1S/C25H22F3N5O3/c1-13(14-5-4-6-17(9-14)25(26,27)28)31-22(34)19-10-16(12-30-24(19)36-3)15-7-8-18-20(11-15)32-33-21(18)23(35)29-2/h4-13H,1-3H3,(H,29,35)(H,31,34)(H,32,33)/t13-/m0/s1/i2D,3D. The number of nitrogens with one attached hydrogen (secondary N) is 3. The first-order valence-corrected chi connectivity index (χ1v) is 10.6. The van der Waals surface area contributed by atoms with Crippen molar-refractivity contribution in [1.29, 1.82) is 0 Å². The summed E-state index contributed by atoms with van der Waals surface area (Å²) in [7, 11) is -0.792. The molecule has 8 nitrogen and oxygen atoms in total. The Hall–Kier alpha value is -4.41. The number of hydrogen-bond acceptors (Lipinski definition) is 5. The minimum absolute atomic E-state index is 0.00574. The lowest BCUT2D eigenvalue weighted by molar-refractivity contribution is -0.137. The molecule has 2 aromatic carbocycles. The Morgan fingerprint density at radius 2 is 1.94 bits per heavy atom. The van der Waals surface area contributed by atoms with Crippen LogP contribution in [0.3, 0.4) is 0 Å². The van der Waals surface area contributed by atoms with Gasteiger partial charge in [0.15, 0.2) is 5.69 Å². The summed E-state index contributed by atoms with van der Waals surface area (Å²) in [6.07, 6.45) is -3.07. The maximum Gasteiger partial charge on any atom is 0.416 e. The summed E-state index contributed by atoms with van der Waals surface area (Å²) in [5, 5.41) is 12.3. The molecule has 0 aliphatic rings. The second-order valence-electron chi connectivity index (χ2n) is 7.88. The van der Waals surface area contributed by atoms with Crippen LogP contribution in [0.25, 0.3) is 22.0 Å². The molecule has 2 heterocycles. The van der Waals surface area contributed by atoms with E-state index in [1.807, 2.05) is 0 Å². The molecule has 186 valence electrons. The summed E-state index contributed by atoms with van der Waals surface area (Å²) in [6, 6.07) is 10.5. The van der Waals surface area contributed by atoms with Crippen molar-refractivity contribution in [2.75, 3.05) is 14.1 Å². The van der Waals surface area contributed by atoms with E-state index in [9.17, 15) is 22.8 Å². The van der Waals surface area contributed by atoms with Crippen LogP contribution in [0.2, 0.25) is 0 Å². The Labute approximate surface area is 206 Å². The number of carbonyl (C=O) groups is 2. The van der Waals surface area contributed by atoms with Gasteiger partial charge in [0.1, 0.15) is 5.56 Å². The van der Waals surface area contributed by atoms with E-state index >= 15 is 0 Å². The van der Waals surface area contributed by atoms with Gasteiger partial charge in [-0.25, -0.2) is 4.98 Å². The quantitative estimate of drug-likeness (QED) is 0.362. The molecular weight excluding hydrogens is 475 g/mol. The molecule has 3 N–H and O–H groups in total. The highest BCUT2D eigenvalue weighted by Gasteiger charge is 2.31. The van der Waals surface area contributed by atoms with Crippen molar-refractivity contribution >= 4 is 22.7 Å². The first-order chi connectivity index (χ1) is 18.1. The third-order valence-electron chi connectivity index (χ3n) is 5.57. The highest BCUT2D eigenvalue weighted by Crippen LogP contribution is 2.31. The van der Waals surface area contributed by atoms with E-state index in [1.54, 1.807) is 25.1 Å². The van der Waals surface area contributed by atoms with Crippen LogP contribution in [0, 0.1) is 0 Å². The third-order valence-corrected chi connectivity index (χ3v) is 5.57. The fourth-order valence-electron chi connectivity index (χ4n) is 3.69. The van der Waals surface area contributed by atoms with Gasteiger partial charge in [0.2, 0.25) is 5.88 Å². The number of alkyl halides is 3. The first-order valence-electron chi connectivity index (χ1n) is 12.0. The minimum atomic E-state index is -4.52. The largest absolute Gasteiger partial charge is 0.480 e. The number of carbonyl (C=O) groups excluding carboxylic acids is 2. The number of halogens is 3. The predicted molar refractivity (Wildman–Crippen MR) is 127 cm³/mol. The number of ether oxygens (including phenoxy) is 1. The first kappa shape index (κ1) is 22.1. The summed E-state index contributed by atoms with van der Waals surface area (Å²) in [5.41, 5.74) is 1.23. The van der Waals surface area contributed by atoms with Crippen LogP contribution in [-0.4, -0.2) is 41.1 Å². The van der Waals surface area contributed by atoms with Crippen molar-refractivity contribution in [1.82, 2.24) is 25.8 Å². The highest BCUT2D eigenvalue weighted by atomic mass is 19.4. The zero-order valence-corrected chi connectivity index (χ0v) is 18.9. The predicted octanol–water partition coefficient (Wildman–Crippen LogP) is 4.50. The van der Waals surface area contributed by atoms with Crippen LogP contribution >= 0.6 is 0 Å². The van der Waals surface area contributed by atoms with Crippen molar-refractivity contribution < 1.29 is 30.2 Å². The van der Waals surface area contributed by atoms with Crippen LogP contribution in [0.5, 0.6) is 5.88 Å². The van der Waals surface area contributed by atoms with Gasteiger partial charge in [-0.05, 0) is 48.4 Å². The Morgan fingerprint density at radius 1 is 1.11 bits per heavy atom.